The number of piperidine rings is 1. The van der Waals surface area contributed by atoms with Gasteiger partial charge in [-0.15, -0.1) is 0 Å². The molecule has 1 atom stereocenters. The highest BCUT2D eigenvalue weighted by Crippen LogP contribution is 2.25. The molecular formula is C19H30FN3. The highest BCUT2D eigenvalue weighted by Gasteiger charge is 2.29. The smallest absolute Gasteiger partial charge is 0.123 e. The first-order chi connectivity index (χ1) is 11.1. The van der Waals surface area contributed by atoms with E-state index in [0.717, 1.165) is 31.1 Å². The molecule has 2 fully saturated rings. The summed E-state index contributed by atoms with van der Waals surface area (Å²) in [5.74, 6) is 0.684. The van der Waals surface area contributed by atoms with E-state index in [1.165, 1.54) is 45.1 Å². The van der Waals surface area contributed by atoms with E-state index in [1.807, 2.05) is 12.1 Å². The monoisotopic (exact) mass is 319 g/mol. The maximum absolute atomic E-state index is 13.3. The lowest BCUT2D eigenvalue weighted by atomic mass is 9.89. The van der Waals surface area contributed by atoms with Crippen LogP contribution in [0.3, 0.4) is 0 Å². The maximum Gasteiger partial charge on any atom is 0.123 e. The molecule has 1 aromatic rings. The van der Waals surface area contributed by atoms with Crippen LogP contribution in [0.15, 0.2) is 24.3 Å². The van der Waals surface area contributed by atoms with Crippen LogP contribution in [0.1, 0.15) is 25.3 Å². The van der Waals surface area contributed by atoms with Gasteiger partial charge in [-0.3, -0.25) is 9.80 Å². The number of hydrogen-bond acceptors (Lipinski definition) is 3. The Morgan fingerprint density at radius 3 is 2.43 bits per heavy atom. The van der Waals surface area contributed by atoms with Crippen LogP contribution < -0.4 is 0 Å². The van der Waals surface area contributed by atoms with Crippen LogP contribution in [0.2, 0.25) is 0 Å². The summed E-state index contributed by atoms with van der Waals surface area (Å²) in [6, 6.07) is 7.72. The van der Waals surface area contributed by atoms with E-state index >= 15 is 0 Å². The lowest BCUT2D eigenvalue weighted by molar-refractivity contribution is 0.0598. The highest BCUT2D eigenvalue weighted by molar-refractivity contribution is 5.16. The van der Waals surface area contributed by atoms with Crippen molar-refractivity contribution in [2.24, 2.45) is 5.92 Å². The number of hydrogen-bond donors (Lipinski definition) is 0. The van der Waals surface area contributed by atoms with Gasteiger partial charge >= 0.3 is 0 Å². The van der Waals surface area contributed by atoms with Gasteiger partial charge in [0.1, 0.15) is 5.82 Å². The molecule has 0 amide bonds. The third-order valence-electron chi connectivity index (χ3n) is 5.72. The van der Waals surface area contributed by atoms with Crippen LogP contribution in [-0.2, 0) is 6.54 Å². The number of nitrogens with zero attached hydrogens (tertiary/aromatic N) is 3. The van der Waals surface area contributed by atoms with E-state index < -0.39 is 0 Å². The van der Waals surface area contributed by atoms with Crippen molar-refractivity contribution in [3.05, 3.63) is 35.6 Å². The van der Waals surface area contributed by atoms with Crippen molar-refractivity contribution in [3.8, 4) is 0 Å². The van der Waals surface area contributed by atoms with Gasteiger partial charge in [0.25, 0.3) is 0 Å². The predicted molar refractivity (Wildman–Crippen MR) is 92.9 cm³/mol. The van der Waals surface area contributed by atoms with E-state index in [-0.39, 0.29) is 5.82 Å². The Kier molecular flexibility index (Phi) is 5.67. The average molecular weight is 319 g/mol. The standard InChI is InChI=1S/C19H30FN3/c1-16(23-12-10-21(2)11-13-23)18-6-8-22(9-7-18)15-17-4-3-5-19(20)14-17/h3-5,14,16,18H,6-13,15H2,1-2H3/t16-/m1/s1. The Balaban J connectivity index is 1.46. The van der Waals surface area contributed by atoms with Crippen molar-refractivity contribution in [3.63, 3.8) is 0 Å². The fourth-order valence-corrected chi connectivity index (χ4v) is 4.01. The fourth-order valence-electron chi connectivity index (χ4n) is 4.01. The second kappa shape index (κ2) is 7.73. The molecule has 0 aliphatic carbocycles. The molecular weight excluding hydrogens is 289 g/mol. The summed E-state index contributed by atoms with van der Waals surface area (Å²) in [5, 5.41) is 0. The van der Waals surface area contributed by atoms with Crippen molar-refractivity contribution in [2.45, 2.75) is 32.4 Å². The zero-order valence-corrected chi connectivity index (χ0v) is 14.5. The molecule has 23 heavy (non-hydrogen) atoms. The van der Waals surface area contributed by atoms with Gasteiger partial charge in [0.2, 0.25) is 0 Å². The topological polar surface area (TPSA) is 9.72 Å². The van der Waals surface area contributed by atoms with Gasteiger partial charge in [0, 0.05) is 38.8 Å². The summed E-state index contributed by atoms with van der Waals surface area (Å²) in [6.45, 7) is 10.4. The molecule has 2 aliphatic heterocycles. The van der Waals surface area contributed by atoms with Gasteiger partial charge in [-0.2, -0.15) is 0 Å². The van der Waals surface area contributed by atoms with Crippen molar-refractivity contribution in [2.75, 3.05) is 46.3 Å². The third kappa shape index (κ3) is 4.52. The molecule has 0 bridgehead atoms. The molecule has 2 saturated heterocycles. The number of likely N-dealkylation sites (N-methyl/N-ethyl adjacent to an activating group) is 1. The zero-order chi connectivity index (χ0) is 16.2. The summed E-state index contributed by atoms with van der Waals surface area (Å²) < 4.78 is 13.3. The van der Waals surface area contributed by atoms with Gasteiger partial charge < -0.3 is 4.90 Å². The van der Waals surface area contributed by atoms with Crippen molar-refractivity contribution in [1.29, 1.82) is 0 Å². The number of piperazine rings is 1. The van der Waals surface area contributed by atoms with E-state index in [4.69, 9.17) is 0 Å². The van der Waals surface area contributed by atoms with E-state index in [9.17, 15) is 4.39 Å². The van der Waals surface area contributed by atoms with Gasteiger partial charge in [0.15, 0.2) is 0 Å². The molecule has 2 aliphatic rings. The van der Waals surface area contributed by atoms with Crippen LogP contribution in [0.4, 0.5) is 4.39 Å². The molecule has 128 valence electrons. The van der Waals surface area contributed by atoms with E-state index in [1.54, 1.807) is 6.07 Å². The van der Waals surface area contributed by atoms with Crippen LogP contribution in [0, 0.1) is 11.7 Å². The first kappa shape index (κ1) is 16.9. The van der Waals surface area contributed by atoms with Crippen molar-refractivity contribution < 1.29 is 4.39 Å². The largest absolute Gasteiger partial charge is 0.304 e. The molecule has 0 N–H and O–H groups in total. The lowest BCUT2D eigenvalue weighted by Crippen LogP contribution is -2.51. The van der Waals surface area contributed by atoms with Gasteiger partial charge in [0.05, 0.1) is 0 Å². The Bertz CT molecular complexity index is 491. The lowest BCUT2D eigenvalue weighted by Gasteiger charge is -2.42. The number of halogens is 1. The zero-order valence-electron chi connectivity index (χ0n) is 14.5. The third-order valence-corrected chi connectivity index (χ3v) is 5.72. The molecule has 1 aromatic carbocycles. The number of rotatable bonds is 4. The van der Waals surface area contributed by atoms with Crippen LogP contribution in [0.25, 0.3) is 0 Å². The minimum atomic E-state index is -0.124. The van der Waals surface area contributed by atoms with Crippen molar-refractivity contribution in [1.82, 2.24) is 14.7 Å². The second-order valence-electron chi connectivity index (χ2n) is 7.32. The van der Waals surface area contributed by atoms with Gasteiger partial charge in [-0.05, 0) is 63.5 Å². The molecule has 3 nitrogen and oxygen atoms in total. The fraction of sp³-hybridized carbons (Fsp3) is 0.684. The van der Waals surface area contributed by atoms with E-state index in [2.05, 4.69) is 28.7 Å². The summed E-state index contributed by atoms with van der Waals surface area (Å²) in [4.78, 5) is 7.57. The Morgan fingerprint density at radius 1 is 1.09 bits per heavy atom. The molecule has 2 heterocycles. The molecule has 0 radical (unpaired) electrons. The van der Waals surface area contributed by atoms with Gasteiger partial charge in [-0.25, -0.2) is 4.39 Å². The predicted octanol–water partition coefficient (Wildman–Crippen LogP) is 2.67. The SMILES string of the molecule is C[C@H](C1CCN(Cc2cccc(F)c2)CC1)N1CCN(C)CC1. The van der Waals surface area contributed by atoms with Crippen LogP contribution in [-0.4, -0.2) is 67.1 Å². The van der Waals surface area contributed by atoms with Crippen molar-refractivity contribution >= 4 is 0 Å². The molecule has 0 unspecified atom stereocenters. The summed E-state index contributed by atoms with van der Waals surface area (Å²) >= 11 is 0. The Hall–Kier alpha value is -0.970. The number of likely N-dealkylation sites (tertiary alicyclic amines) is 1. The minimum Gasteiger partial charge on any atom is -0.304 e. The summed E-state index contributed by atoms with van der Waals surface area (Å²) in [6.07, 6.45) is 2.53. The Labute approximate surface area is 140 Å². The van der Waals surface area contributed by atoms with Gasteiger partial charge in [-0.1, -0.05) is 12.1 Å². The Morgan fingerprint density at radius 2 is 1.78 bits per heavy atom. The molecule has 0 aromatic heterocycles. The molecule has 0 spiro atoms. The quantitative estimate of drug-likeness (QED) is 0.845. The summed E-state index contributed by atoms with van der Waals surface area (Å²) in [5.41, 5.74) is 1.09. The number of benzene rings is 1. The summed E-state index contributed by atoms with van der Waals surface area (Å²) in [7, 11) is 2.22. The van der Waals surface area contributed by atoms with Crippen LogP contribution >= 0.6 is 0 Å². The highest BCUT2D eigenvalue weighted by atomic mass is 19.1. The molecule has 4 heteroatoms. The minimum absolute atomic E-state index is 0.124. The normalized spacial score (nSPS) is 24.0. The first-order valence-electron chi connectivity index (χ1n) is 9.01. The molecule has 0 saturated carbocycles. The van der Waals surface area contributed by atoms with E-state index in [0.29, 0.717) is 6.04 Å². The second-order valence-corrected chi connectivity index (χ2v) is 7.32. The maximum atomic E-state index is 13.3. The van der Waals surface area contributed by atoms with Crippen LogP contribution in [0.5, 0.6) is 0 Å². The molecule has 3 rings (SSSR count). The average Bonchev–Trinajstić information content (AvgIpc) is 2.56. The first-order valence-corrected chi connectivity index (χ1v) is 9.01.